The first kappa shape index (κ1) is 21.3. The molecule has 0 atom stereocenters. The van der Waals surface area contributed by atoms with E-state index < -0.39 is 5.82 Å². The van der Waals surface area contributed by atoms with Crippen molar-refractivity contribution in [1.82, 2.24) is 15.0 Å². The number of carbonyl (C=O) groups excluding carboxylic acids is 1. The van der Waals surface area contributed by atoms with Crippen molar-refractivity contribution >= 4 is 5.91 Å². The molecule has 1 amide bonds. The lowest BCUT2D eigenvalue weighted by atomic mass is 10.1. The lowest BCUT2D eigenvalue weighted by Gasteiger charge is -2.16. The highest BCUT2D eigenvalue weighted by Crippen LogP contribution is 2.17. The summed E-state index contributed by atoms with van der Waals surface area (Å²) in [6, 6.07) is 13.8. The quantitative estimate of drug-likeness (QED) is 0.507. The molecule has 0 aliphatic heterocycles. The molecular formula is C22H24FN3O4. The second-order valence-corrected chi connectivity index (χ2v) is 6.74. The number of carbonyl (C=O) groups is 1. The molecule has 0 fully saturated rings. The summed E-state index contributed by atoms with van der Waals surface area (Å²) in [7, 11) is 3.37. The Bertz CT molecular complexity index is 959. The van der Waals surface area contributed by atoms with Crippen molar-refractivity contribution in [3.63, 3.8) is 0 Å². The first-order valence-electron chi connectivity index (χ1n) is 9.61. The molecule has 0 saturated carbocycles. The second kappa shape index (κ2) is 10.4. The fourth-order valence-corrected chi connectivity index (χ4v) is 2.78. The number of hydrogen-bond acceptors (Lipinski definition) is 6. The molecule has 0 N–H and O–H groups in total. The van der Waals surface area contributed by atoms with E-state index in [1.807, 2.05) is 24.3 Å². The summed E-state index contributed by atoms with van der Waals surface area (Å²) in [4.78, 5) is 18.2. The molecule has 3 rings (SSSR count). The third-order valence-corrected chi connectivity index (χ3v) is 4.58. The SMILES string of the molecule is COc1ccc(CCC(=O)N(C)CCc2noc(COc3ccccc3F)n2)cc1. The minimum Gasteiger partial charge on any atom is -0.497 e. The van der Waals surface area contributed by atoms with Gasteiger partial charge in [-0.1, -0.05) is 29.4 Å². The Labute approximate surface area is 174 Å². The molecular weight excluding hydrogens is 389 g/mol. The van der Waals surface area contributed by atoms with E-state index in [9.17, 15) is 9.18 Å². The number of likely N-dealkylation sites (N-methyl/N-ethyl adjacent to an activating group) is 1. The molecule has 0 aliphatic carbocycles. The molecule has 3 aromatic rings. The molecule has 1 aromatic heterocycles. The summed E-state index contributed by atoms with van der Waals surface area (Å²) in [5.41, 5.74) is 1.08. The lowest BCUT2D eigenvalue weighted by Crippen LogP contribution is -2.29. The van der Waals surface area contributed by atoms with Crippen LogP contribution in [-0.4, -0.2) is 41.6 Å². The molecule has 0 aliphatic rings. The van der Waals surface area contributed by atoms with E-state index in [-0.39, 0.29) is 24.2 Å². The molecule has 7 nitrogen and oxygen atoms in total. The lowest BCUT2D eigenvalue weighted by molar-refractivity contribution is -0.129. The normalized spacial score (nSPS) is 10.6. The number of nitrogens with zero attached hydrogens (tertiary/aromatic N) is 3. The van der Waals surface area contributed by atoms with E-state index in [0.717, 1.165) is 11.3 Å². The number of methoxy groups -OCH3 is 1. The van der Waals surface area contributed by atoms with Gasteiger partial charge in [0.2, 0.25) is 5.91 Å². The van der Waals surface area contributed by atoms with Gasteiger partial charge in [-0.15, -0.1) is 0 Å². The van der Waals surface area contributed by atoms with Crippen LogP contribution in [-0.2, 0) is 24.2 Å². The third kappa shape index (κ3) is 6.04. The number of benzene rings is 2. The van der Waals surface area contributed by atoms with Crippen molar-refractivity contribution in [1.29, 1.82) is 0 Å². The van der Waals surface area contributed by atoms with Crippen LogP contribution < -0.4 is 9.47 Å². The van der Waals surface area contributed by atoms with Crippen molar-refractivity contribution in [2.24, 2.45) is 0 Å². The average molecular weight is 413 g/mol. The van der Waals surface area contributed by atoms with E-state index in [0.29, 0.717) is 31.6 Å². The Morgan fingerprint density at radius 2 is 1.90 bits per heavy atom. The van der Waals surface area contributed by atoms with Crippen LogP contribution in [0.3, 0.4) is 0 Å². The van der Waals surface area contributed by atoms with Crippen LogP contribution in [0.15, 0.2) is 53.1 Å². The Balaban J connectivity index is 1.41. The van der Waals surface area contributed by atoms with Crippen LogP contribution in [0.5, 0.6) is 11.5 Å². The third-order valence-electron chi connectivity index (χ3n) is 4.58. The van der Waals surface area contributed by atoms with Crippen LogP contribution in [0.2, 0.25) is 0 Å². The van der Waals surface area contributed by atoms with Crippen molar-refractivity contribution < 1.29 is 23.2 Å². The fraction of sp³-hybridized carbons (Fsp3) is 0.318. The summed E-state index contributed by atoms with van der Waals surface area (Å²) >= 11 is 0. The maximum Gasteiger partial charge on any atom is 0.264 e. The minimum atomic E-state index is -0.452. The van der Waals surface area contributed by atoms with Crippen molar-refractivity contribution in [3.8, 4) is 11.5 Å². The Morgan fingerprint density at radius 3 is 2.63 bits per heavy atom. The van der Waals surface area contributed by atoms with Gasteiger partial charge >= 0.3 is 0 Å². The highest BCUT2D eigenvalue weighted by Gasteiger charge is 2.13. The Kier molecular flexibility index (Phi) is 7.37. The summed E-state index contributed by atoms with van der Waals surface area (Å²) in [6.45, 7) is 0.444. The van der Waals surface area contributed by atoms with E-state index in [1.54, 1.807) is 31.2 Å². The molecule has 8 heteroatoms. The van der Waals surface area contributed by atoms with Gasteiger partial charge in [0.05, 0.1) is 7.11 Å². The zero-order valence-electron chi connectivity index (χ0n) is 17.0. The van der Waals surface area contributed by atoms with Gasteiger partial charge < -0.3 is 18.9 Å². The highest BCUT2D eigenvalue weighted by atomic mass is 19.1. The average Bonchev–Trinajstić information content (AvgIpc) is 3.23. The van der Waals surface area contributed by atoms with Gasteiger partial charge in [0.25, 0.3) is 5.89 Å². The molecule has 0 spiro atoms. The van der Waals surface area contributed by atoms with Crippen LogP contribution in [0.4, 0.5) is 4.39 Å². The number of ether oxygens (including phenoxy) is 2. The molecule has 0 saturated heterocycles. The van der Waals surface area contributed by atoms with Crippen LogP contribution >= 0.6 is 0 Å². The number of para-hydroxylation sites is 1. The molecule has 1 heterocycles. The summed E-state index contributed by atoms with van der Waals surface area (Å²) in [5.74, 6) is 1.23. The highest BCUT2D eigenvalue weighted by molar-refractivity contribution is 5.76. The molecule has 0 bridgehead atoms. The van der Waals surface area contributed by atoms with Gasteiger partial charge in [0, 0.05) is 26.4 Å². The Hall–Kier alpha value is -3.42. The van der Waals surface area contributed by atoms with Gasteiger partial charge in [-0.2, -0.15) is 4.98 Å². The molecule has 158 valence electrons. The van der Waals surface area contributed by atoms with Gasteiger partial charge in [-0.05, 0) is 36.2 Å². The van der Waals surface area contributed by atoms with Gasteiger partial charge in [-0.25, -0.2) is 4.39 Å². The summed E-state index contributed by atoms with van der Waals surface area (Å²) < 4.78 is 29.2. The first-order chi connectivity index (χ1) is 14.5. The van der Waals surface area contributed by atoms with Gasteiger partial charge in [-0.3, -0.25) is 4.79 Å². The molecule has 0 unspecified atom stereocenters. The van der Waals surface area contributed by atoms with Crippen molar-refractivity contribution in [2.75, 3.05) is 20.7 Å². The maximum absolute atomic E-state index is 13.6. The number of aromatic nitrogens is 2. The van der Waals surface area contributed by atoms with E-state index in [1.165, 1.54) is 12.1 Å². The topological polar surface area (TPSA) is 77.7 Å². The predicted molar refractivity (Wildman–Crippen MR) is 108 cm³/mol. The largest absolute Gasteiger partial charge is 0.497 e. The molecule has 2 aromatic carbocycles. The van der Waals surface area contributed by atoms with Gasteiger partial charge in [0.1, 0.15) is 5.75 Å². The van der Waals surface area contributed by atoms with E-state index in [4.69, 9.17) is 14.0 Å². The number of hydrogen-bond donors (Lipinski definition) is 0. The summed E-state index contributed by atoms with van der Waals surface area (Å²) in [5, 5.41) is 3.88. The fourth-order valence-electron chi connectivity index (χ4n) is 2.78. The molecule has 0 radical (unpaired) electrons. The Morgan fingerprint density at radius 1 is 1.13 bits per heavy atom. The van der Waals surface area contributed by atoms with Crippen LogP contribution in [0.1, 0.15) is 23.7 Å². The monoisotopic (exact) mass is 413 g/mol. The van der Waals surface area contributed by atoms with E-state index in [2.05, 4.69) is 10.1 Å². The number of halogens is 1. The minimum absolute atomic E-state index is 0.0232. The molecule has 30 heavy (non-hydrogen) atoms. The maximum atomic E-state index is 13.6. The smallest absolute Gasteiger partial charge is 0.264 e. The van der Waals surface area contributed by atoms with Crippen molar-refractivity contribution in [3.05, 3.63) is 71.6 Å². The van der Waals surface area contributed by atoms with Crippen LogP contribution in [0.25, 0.3) is 0 Å². The number of aryl methyl sites for hydroxylation is 1. The zero-order valence-corrected chi connectivity index (χ0v) is 17.0. The number of rotatable bonds is 10. The van der Waals surface area contributed by atoms with E-state index >= 15 is 0 Å². The first-order valence-corrected chi connectivity index (χ1v) is 9.61. The number of amides is 1. The zero-order chi connectivity index (χ0) is 21.3. The second-order valence-electron chi connectivity index (χ2n) is 6.74. The van der Waals surface area contributed by atoms with Crippen molar-refractivity contribution in [2.45, 2.75) is 25.9 Å². The predicted octanol–water partition coefficient (Wildman–Crippen LogP) is 3.43. The van der Waals surface area contributed by atoms with Gasteiger partial charge in [0.15, 0.2) is 24.0 Å². The summed E-state index contributed by atoms with van der Waals surface area (Å²) in [6.07, 6.45) is 1.53. The van der Waals surface area contributed by atoms with Crippen LogP contribution in [0, 0.1) is 5.82 Å². The standard InChI is InChI=1S/C22H24FN3O4/c1-26(22(27)12-9-16-7-10-17(28-2)11-8-16)14-13-20-24-21(30-25-20)15-29-19-6-4-3-5-18(19)23/h3-8,10-11H,9,12-15H2,1-2H3.